The van der Waals surface area contributed by atoms with Gasteiger partial charge in [-0.2, -0.15) is 5.10 Å². The first kappa shape index (κ1) is 17.3. The molecular formula is C21H23N5O. The van der Waals surface area contributed by atoms with E-state index < -0.39 is 0 Å². The molecular weight excluding hydrogens is 338 g/mol. The maximum atomic E-state index is 12.5. The smallest absolute Gasteiger partial charge is 0.253 e. The van der Waals surface area contributed by atoms with Gasteiger partial charge in [0.1, 0.15) is 0 Å². The summed E-state index contributed by atoms with van der Waals surface area (Å²) in [6.45, 7) is 3.61. The summed E-state index contributed by atoms with van der Waals surface area (Å²) in [5.74, 6) is 0.853. The summed E-state index contributed by atoms with van der Waals surface area (Å²) in [6.07, 6.45) is 3.62. The highest BCUT2D eigenvalue weighted by molar-refractivity contribution is 5.94. The zero-order valence-electron chi connectivity index (χ0n) is 15.4. The quantitative estimate of drug-likeness (QED) is 0.748. The number of piperidine rings is 1. The third kappa shape index (κ3) is 4.00. The van der Waals surface area contributed by atoms with Crippen LogP contribution in [0.25, 0.3) is 11.3 Å². The van der Waals surface area contributed by atoms with Crippen LogP contribution >= 0.6 is 0 Å². The van der Waals surface area contributed by atoms with Gasteiger partial charge in [-0.05, 0) is 37.5 Å². The van der Waals surface area contributed by atoms with E-state index in [1.165, 1.54) is 0 Å². The van der Waals surface area contributed by atoms with E-state index in [0.717, 1.165) is 48.7 Å². The van der Waals surface area contributed by atoms with Gasteiger partial charge in [0.25, 0.3) is 5.91 Å². The summed E-state index contributed by atoms with van der Waals surface area (Å²) >= 11 is 0. The van der Waals surface area contributed by atoms with Gasteiger partial charge in [0, 0.05) is 37.1 Å². The highest BCUT2D eigenvalue weighted by Crippen LogP contribution is 2.24. The molecule has 1 amide bonds. The second kappa shape index (κ2) is 7.61. The van der Waals surface area contributed by atoms with Crippen molar-refractivity contribution < 1.29 is 4.79 Å². The first-order chi connectivity index (χ1) is 13.2. The number of carbonyl (C=O) groups is 1. The molecule has 0 aliphatic carbocycles. The summed E-state index contributed by atoms with van der Waals surface area (Å²) in [7, 11) is 0. The predicted molar refractivity (Wildman–Crippen MR) is 106 cm³/mol. The maximum absolute atomic E-state index is 12.5. The Bertz CT molecular complexity index is 904. The number of pyridine rings is 1. The number of nitrogens with one attached hydrogen (secondary N) is 2. The number of hydrogen-bond acceptors (Lipinski definition) is 4. The van der Waals surface area contributed by atoms with Gasteiger partial charge in [-0.25, -0.2) is 0 Å². The summed E-state index contributed by atoms with van der Waals surface area (Å²) < 4.78 is 0. The molecule has 138 valence electrons. The Hall–Kier alpha value is -3.15. The normalized spacial score (nSPS) is 16.9. The molecule has 6 heteroatoms. The molecule has 0 spiro atoms. The van der Waals surface area contributed by atoms with Crippen molar-refractivity contribution in [3.8, 4) is 11.3 Å². The van der Waals surface area contributed by atoms with Gasteiger partial charge >= 0.3 is 0 Å². The largest absolute Gasteiger partial charge is 0.353 e. The molecule has 1 aliphatic heterocycles. The maximum Gasteiger partial charge on any atom is 0.253 e. The van der Waals surface area contributed by atoms with Crippen molar-refractivity contribution in [1.82, 2.24) is 20.5 Å². The van der Waals surface area contributed by atoms with Gasteiger partial charge in [-0.1, -0.05) is 30.3 Å². The lowest BCUT2D eigenvalue weighted by Gasteiger charge is -2.33. The minimum Gasteiger partial charge on any atom is -0.353 e. The highest BCUT2D eigenvalue weighted by Gasteiger charge is 2.23. The lowest BCUT2D eigenvalue weighted by molar-refractivity contribution is 0.0932. The Morgan fingerprint density at radius 3 is 2.85 bits per heavy atom. The van der Waals surface area contributed by atoms with Crippen molar-refractivity contribution >= 4 is 11.7 Å². The Morgan fingerprint density at radius 2 is 2.07 bits per heavy atom. The molecule has 2 aromatic heterocycles. The van der Waals surface area contributed by atoms with Crippen molar-refractivity contribution in [3.05, 3.63) is 66.0 Å². The van der Waals surface area contributed by atoms with Crippen LogP contribution in [0.2, 0.25) is 0 Å². The van der Waals surface area contributed by atoms with E-state index in [2.05, 4.69) is 43.6 Å². The molecule has 6 nitrogen and oxygen atoms in total. The number of rotatable bonds is 4. The predicted octanol–water partition coefficient (Wildman–Crippen LogP) is 3.18. The zero-order chi connectivity index (χ0) is 18.6. The van der Waals surface area contributed by atoms with Gasteiger partial charge in [0.2, 0.25) is 0 Å². The fourth-order valence-corrected chi connectivity index (χ4v) is 3.41. The van der Waals surface area contributed by atoms with E-state index in [1.54, 1.807) is 6.20 Å². The fourth-order valence-electron chi connectivity index (χ4n) is 3.41. The van der Waals surface area contributed by atoms with E-state index in [-0.39, 0.29) is 11.9 Å². The van der Waals surface area contributed by atoms with Gasteiger partial charge in [-0.15, -0.1) is 0 Å². The Morgan fingerprint density at radius 1 is 1.22 bits per heavy atom. The van der Waals surface area contributed by atoms with E-state index in [1.807, 2.05) is 37.3 Å². The molecule has 4 rings (SSSR count). The molecule has 3 aromatic rings. The number of amides is 1. The van der Waals surface area contributed by atoms with Crippen LogP contribution < -0.4 is 10.2 Å². The van der Waals surface area contributed by atoms with Crippen LogP contribution in [0.15, 0.2) is 54.7 Å². The lowest BCUT2D eigenvalue weighted by Crippen LogP contribution is -2.48. The standard InChI is InChI=1S/C21H23N5O/c1-15-9-10-17(13-22-15)21(27)23-18-8-5-11-26(14-18)20-12-19(24-25-20)16-6-3-2-4-7-16/h2-4,6-7,9-10,12-13,18H,5,8,11,14H2,1H3,(H,23,27)(H,24,25)/t18-/m1/s1. The number of aryl methyl sites for hydroxylation is 1. The summed E-state index contributed by atoms with van der Waals surface area (Å²) in [6, 6.07) is 16.0. The van der Waals surface area contributed by atoms with Crippen LogP contribution in [0.1, 0.15) is 28.9 Å². The topological polar surface area (TPSA) is 73.9 Å². The van der Waals surface area contributed by atoms with Crippen LogP contribution in [0.5, 0.6) is 0 Å². The van der Waals surface area contributed by atoms with E-state index >= 15 is 0 Å². The Labute approximate surface area is 158 Å². The SMILES string of the molecule is Cc1ccc(C(=O)N[C@@H]2CCCN(c3cc(-c4ccccc4)[nH]n3)C2)cn1. The highest BCUT2D eigenvalue weighted by atomic mass is 16.1. The first-order valence-corrected chi connectivity index (χ1v) is 9.28. The molecule has 1 fully saturated rings. The van der Waals surface area contributed by atoms with Crippen LogP contribution in [-0.4, -0.2) is 40.2 Å². The van der Waals surface area contributed by atoms with Crippen LogP contribution in [0.3, 0.4) is 0 Å². The average Bonchev–Trinajstić information content (AvgIpc) is 3.20. The van der Waals surface area contributed by atoms with E-state index in [9.17, 15) is 4.79 Å². The molecule has 0 saturated carbocycles. The third-order valence-corrected chi connectivity index (χ3v) is 4.90. The number of carbonyl (C=O) groups excluding carboxylic acids is 1. The van der Waals surface area contributed by atoms with E-state index in [0.29, 0.717) is 5.56 Å². The summed E-state index contributed by atoms with van der Waals surface area (Å²) in [4.78, 5) is 18.9. The monoisotopic (exact) mass is 361 g/mol. The molecule has 0 unspecified atom stereocenters. The number of aromatic nitrogens is 3. The number of nitrogens with zero attached hydrogens (tertiary/aromatic N) is 3. The number of benzene rings is 1. The fraction of sp³-hybridized carbons (Fsp3) is 0.286. The van der Waals surface area contributed by atoms with Crippen molar-refractivity contribution in [2.75, 3.05) is 18.0 Å². The average molecular weight is 361 g/mol. The first-order valence-electron chi connectivity index (χ1n) is 9.28. The Balaban J connectivity index is 1.42. The van der Waals surface area contributed by atoms with Gasteiger partial charge in [0.15, 0.2) is 5.82 Å². The molecule has 1 aromatic carbocycles. The molecule has 1 saturated heterocycles. The van der Waals surface area contributed by atoms with E-state index in [4.69, 9.17) is 0 Å². The Kier molecular flexibility index (Phi) is 4.87. The van der Waals surface area contributed by atoms with Gasteiger partial charge in [0.05, 0.1) is 11.3 Å². The minimum absolute atomic E-state index is 0.0682. The molecule has 27 heavy (non-hydrogen) atoms. The second-order valence-electron chi connectivity index (χ2n) is 6.95. The van der Waals surface area contributed by atoms with Crippen LogP contribution in [-0.2, 0) is 0 Å². The third-order valence-electron chi connectivity index (χ3n) is 4.90. The van der Waals surface area contributed by atoms with Gasteiger partial charge < -0.3 is 10.2 Å². The number of hydrogen-bond donors (Lipinski definition) is 2. The van der Waals surface area contributed by atoms with Crippen LogP contribution in [0, 0.1) is 6.92 Å². The molecule has 3 heterocycles. The number of anilines is 1. The molecule has 0 radical (unpaired) electrons. The molecule has 2 N–H and O–H groups in total. The number of H-pyrrole nitrogens is 1. The van der Waals surface area contributed by atoms with Gasteiger partial charge in [-0.3, -0.25) is 14.9 Å². The van der Waals surface area contributed by atoms with Crippen molar-refractivity contribution in [2.24, 2.45) is 0 Å². The van der Waals surface area contributed by atoms with Crippen molar-refractivity contribution in [2.45, 2.75) is 25.8 Å². The molecule has 0 bridgehead atoms. The molecule has 1 atom stereocenters. The minimum atomic E-state index is -0.0682. The summed E-state index contributed by atoms with van der Waals surface area (Å²) in [5.41, 5.74) is 3.62. The second-order valence-corrected chi connectivity index (χ2v) is 6.95. The van der Waals surface area contributed by atoms with Crippen LogP contribution in [0.4, 0.5) is 5.82 Å². The van der Waals surface area contributed by atoms with Crippen molar-refractivity contribution in [3.63, 3.8) is 0 Å². The van der Waals surface area contributed by atoms with Crippen molar-refractivity contribution in [1.29, 1.82) is 0 Å². The molecule has 1 aliphatic rings. The zero-order valence-corrected chi connectivity index (χ0v) is 15.4. The lowest BCUT2D eigenvalue weighted by atomic mass is 10.0. The summed E-state index contributed by atoms with van der Waals surface area (Å²) in [5, 5.41) is 10.7. The number of aromatic amines is 1.